The summed E-state index contributed by atoms with van der Waals surface area (Å²) in [5.74, 6) is -2.57. The number of ether oxygens (including phenoxy) is 1. The van der Waals surface area contributed by atoms with Gasteiger partial charge in [0.15, 0.2) is 0 Å². The Morgan fingerprint density at radius 3 is 2.37 bits per heavy atom. The molecular formula is C24H15NO4S. The number of hydrogen-bond acceptors (Lipinski definition) is 6. The first-order chi connectivity index (χ1) is 14.5. The average molecular weight is 413 g/mol. The number of carbonyl (C=O) groups is 1. The molecule has 0 saturated heterocycles. The molecule has 2 unspecified atom stereocenters. The maximum Gasteiger partial charge on any atom is 0.277 e. The fraction of sp³-hybridized carbons (Fsp3) is 0.0833. The second-order valence-electron chi connectivity index (χ2n) is 7.39. The predicted molar refractivity (Wildman–Crippen MR) is 114 cm³/mol. The van der Waals surface area contributed by atoms with Crippen LogP contribution < -0.4 is 0 Å². The lowest BCUT2D eigenvalue weighted by molar-refractivity contribution is -0.220. The molecule has 6 rings (SSSR count). The van der Waals surface area contributed by atoms with E-state index in [2.05, 4.69) is 4.98 Å². The normalized spacial score (nSPS) is 24.8. The first kappa shape index (κ1) is 17.5. The van der Waals surface area contributed by atoms with Crippen molar-refractivity contribution in [3.8, 4) is 0 Å². The third-order valence-electron chi connectivity index (χ3n) is 5.74. The summed E-state index contributed by atoms with van der Waals surface area (Å²) in [7, 11) is 0. The van der Waals surface area contributed by atoms with Crippen LogP contribution >= 0.6 is 11.3 Å². The minimum absolute atomic E-state index is 0.193. The largest absolute Gasteiger partial charge is 0.453 e. The lowest BCUT2D eigenvalue weighted by Gasteiger charge is -2.30. The van der Waals surface area contributed by atoms with E-state index in [4.69, 9.17) is 4.74 Å². The van der Waals surface area contributed by atoms with Crippen LogP contribution in [0.5, 0.6) is 0 Å². The quantitative estimate of drug-likeness (QED) is 0.520. The molecule has 30 heavy (non-hydrogen) atoms. The molecule has 0 spiro atoms. The molecule has 2 aliphatic rings. The Morgan fingerprint density at radius 1 is 0.867 bits per heavy atom. The van der Waals surface area contributed by atoms with Crippen molar-refractivity contribution in [2.75, 3.05) is 0 Å². The van der Waals surface area contributed by atoms with Crippen molar-refractivity contribution in [1.82, 2.24) is 4.98 Å². The highest BCUT2D eigenvalue weighted by molar-refractivity contribution is 7.19. The second kappa shape index (κ2) is 5.86. The van der Waals surface area contributed by atoms with Crippen molar-refractivity contribution >= 4 is 38.7 Å². The number of thiazole rings is 1. The Kier molecular flexibility index (Phi) is 3.42. The zero-order valence-electron chi connectivity index (χ0n) is 15.6. The first-order valence-electron chi connectivity index (χ1n) is 9.48. The van der Waals surface area contributed by atoms with Gasteiger partial charge in [-0.1, -0.05) is 66.7 Å². The summed E-state index contributed by atoms with van der Waals surface area (Å²) in [6.07, 6.45) is 0. The third-order valence-corrected chi connectivity index (χ3v) is 6.79. The molecule has 5 nitrogen and oxygen atoms in total. The third kappa shape index (κ3) is 2.02. The van der Waals surface area contributed by atoms with E-state index in [1.807, 2.05) is 54.6 Å². The van der Waals surface area contributed by atoms with Gasteiger partial charge in [0.2, 0.25) is 11.4 Å². The van der Waals surface area contributed by atoms with E-state index < -0.39 is 17.2 Å². The van der Waals surface area contributed by atoms with Gasteiger partial charge in [0, 0.05) is 16.7 Å². The number of aromatic nitrogens is 1. The van der Waals surface area contributed by atoms with Crippen LogP contribution in [0.25, 0.3) is 21.5 Å². The Bertz CT molecular complexity index is 1340. The van der Waals surface area contributed by atoms with Gasteiger partial charge in [0.1, 0.15) is 10.8 Å². The van der Waals surface area contributed by atoms with Gasteiger partial charge in [-0.3, -0.25) is 4.79 Å². The number of para-hydroxylation sites is 1. The number of carbonyl (C=O) groups excluding carboxylic acids is 1. The second-order valence-corrected chi connectivity index (χ2v) is 8.42. The number of benzene rings is 3. The van der Waals surface area contributed by atoms with E-state index in [0.29, 0.717) is 10.6 Å². The molecule has 0 bridgehead atoms. The SMILES string of the molecule is O=C1c2ccccc2C2(O)OC(c3ccccc3)=C(c3nc4ccccc4s3)C12O. The molecule has 2 atom stereocenters. The summed E-state index contributed by atoms with van der Waals surface area (Å²) in [6.45, 7) is 0. The summed E-state index contributed by atoms with van der Waals surface area (Å²) < 4.78 is 6.96. The van der Waals surface area contributed by atoms with Gasteiger partial charge in [-0.05, 0) is 12.1 Å². The van der Waals surface area contributed by atoms with Gasteiger partial charge >= 0.3 is 0 Å². The Hall–Kier alpha value is -3.32. The maximum atomic E-state index is 13.4. The van der Waals surface area contributed by atoms with E-state index in [9.17, 15) is 15.0 Å². The van der Waals surface area contributed by atoms with Crippen LogP contribution in [-0.4, -0.2) is 26.6 Å². The van der Waals surface area contributed by atoms with Crippen molar-refractivity contribution in [2.24, 2.45) is 0 Å². The molecule has 4 aromatic rings. The minimum Gasteiger partial charge on any atom is -0.453 e. The number of fused-ring (bicyclic) bond motifs is 4. The van der Waals surface area contributed by atoms with Crippen molar-refractivity contribution in [3.63, 3.8) is 0 Å². The molecule has 1 aliphatic carbocycles. The van der Waals surface area contributed by atoms with Gasteiger partial charge in [-0.2, -0.15) is 0 Å². The van der Waals surface area contributed by atoms with Gasteiger partial charge in [0.05, 0.1) is 15.8 Å². The highest BCUT2D eigenvalue weighted by Gasteiger charge is 2.72. The summed E-state index contributed by atoms with van der Waals surface area (Å²) in [4.78, 5) is 18.1. The van der Waals surface area contributed by atoms with E-state index in [1.54, 1.807) is 24.3 Å². The van der Waals surface area contributed by atoms with Crippen molar-refractivity contribution < 1.29 is 19.7 Å². The highest BCUT2D eigenvalue weighted by Crippen LogP contribution is 2.60. The number of nitrogens with zero attached hydrogens (tertiary/aromatic N) is 1. The maximum absolute atomic E-state index is 13.4. The molecule has 146 valence electrons. The van der Waals surface area contributed by atoms with Gasteiger partial charge in [-0.25, -0.2) is 4.98 Å². The molecule has 0 radical (unpaired) electrons. The van der Waals surface area contributed by atoms with Crippen LogP contribution in [0, 0.1) is 0 Å². The number of aliphatic hydroxyl groups is 2. The lowest BCUT2D eigenvalue weighted by Crippen LogP contribution is -2.50. The molecule has 1 aliphatic heterocycles. The molecule has 6 heteroatoms. The molecule has 1 aromatic heterocycles. The van der Waals surface area contributed by atoms with E-state index in [-0.39, 0.29) is 22.5 Å². The first-order valence-corrected chi connectivity index (χ1v) is 10.3. The Labute approximate surface area is 175 Å². The Balaban J connectivity index is 1.68. The highest BCUT2D eigenvalue weighted by atomic mass is 32.1. The van der Waals surface area contributed by atoms with Crippen LogP contribution in [0.3, 0.4) is 0 Å². The van der Waals surface area contributed by atoms with Crippen molar-refractivity contribution in [3.05, 3.63) is 101 Å². The van der Waals surface area contributed by atoms with Crippen molar-refractivity contribution in [2.45, 2.75) is 11.4 Å². The predicted octanol–water partition coefficient (Wildman–Crippen LogP) is 3.97. The zero-order valence-corrected chi connectivity index (χ0v) is 16.4. The topological polar surface area (TPSA) is 79.7 Å². The minimum atomic E-state index is -2.30. The number of Topliss-reactive ketones (excluding diaryl/α,β-unsaturated/α-hetero) is 1. The molecule has 0 fully saturated rings. The summed E-state index contributed by atoms with van der Waals surface area (Å²) >= 11 is 1.35. The summed E-state index contributed by atoms with van der Waals surface area (Å²) in [6, 6.07) is 23.3. The lowest BCUT2D eigenvalue weighted by atomic mass is 9.85. The fourth-order valence-corrected chi connectivity index (χ4v) is 5.38. The average Bonchev–Trinajstić information content (AvgIpc) is 3.36. The molecular weight excluding hydrogens is 398 g/mol. The van der Waals surface area contributed by atoms with Crippen molar-refractivity contribution in [1.29, 1.82) is 0 Å². The van der Waals surface area contributed by atoms with Crippen LogP contribution in [0.1, 0.15) is 26.5 Å². The van der Waals surface area contributed by atoms with Crippen LogP contribution in [0.4, 0.5) is 0 Å². The molecule has 0 amide bonds. The van der Waals surface area contributed by atoms with Gasteiger partial charge in [0.25, 0.3) is 5.79 Å². The molecule has 3 aromatic carbocycles. The number of ketones is 1. The van der Waals surface area contributed by atoms with Crippen LogP contribution in [0.2, 0.25) is 0 Å². The van der Waals surface area contributed by atoms with E-state index in [0.717, 1.165) is 10.2 Å². The Morgan fingerprint density at radius 2 is 1.57 bits per heavy atom. The van der Waals surface area contributed by atoms with Gasteiger partial charge in [-0.15, -0.1) is 11.3 Å². The van der Waals surface area contributed by atoms with E-state index in [1.165, 1.54) is 11.3 Å². The summed E-state index contributed by atoms with van der Waals surface area (Å²) in [5, 5.41) is 23.9. The number of rotatable bonds is 2. The monoisotopic (exact) mass is 413 g/mol. The van der Waals surface area contributed by atoms with Gasteiger partial charge < -0.3 is 14.9 Å². The molecule has 2 N–H and O–H groups in total. The van der Waals surface area contributed by atoms with E-state index >= 15 is 0 Å². The standard InChI is InChI=1S/C24H15NO4S/c26-21-15-10-4-5-11-16(15)24(28)23(21,27)19(20(29-24)14-8-2-1-3-9-14)22-25-17-12-6-7-13-18(17)30-22/h1-13,27-28H. The smallest absolute Gasteiger partial charge is 0.277 e. The number of hydrogen-bond donors (Lipinski definition) is 2. The summed E-state index contributed by atoms with van der Waals surface area (Å²) in [5.41, 5.74) is -0.211. The van der Waals surface area contributed by atoms with Crippen LogP contribution in [-0.2, 0) is 10.5 Å². The fourth-order valence-electron chi connectivity index (χ4n) is 4.32. The molecule has 2 heterocycles. The molecule has 0 saturated carbocycles. The zero-order chi connectivity index (χ0) is 20.5. The van der Waals surface area contributed by atoms with Crippen LogP contribution in [0.15, 0.2) is 78.9 Å².